The van der Waals surface area contributed by atoms with Crippen LogP contribution in [0.4, 0.5) is 0 Å². The van der Waals surface area contributed by atoms with E-state index in [1.807, 2.05) is 39.3 Å². The Morgan fingerprint density at radius 2 is 1.33 bits per heavy atom. The van der Waals surface area contributed by atoms with Gasteiger partial charge in [-0.1, -0.05) is 133 Å². The molecule has 16 rings (SSSR count). The molecule has 6 saturated heterocycles. The summed E-state index contributed by atoms with van der Waals surface area (Å²) in [6.07, 6.45) is 19.2. The summed E-state index contributed by atoms with van der Waals surface area (Å²) in [5.41, 5.74) is 4.70. The van der Waals surface area contributed by atoms with Gasteiger partial charge in [0, 0.05) is 78.6 Å². The summed E-state index contributed by atoms with van der Waals surface area (Å²) in [6, 6.07) is 0. The number of carbonyl (C=O) groups excluding carboxylic acids is 8. The second-order valence-corrected chi connectivity index (χ2v) is 38.2. The molecule has 116 heavy (non-hydrogen) atoms. The predicted octanol–water partition coefficient (Wildman–Crippen LogP) is 16.9. The minimum atomic E-state index is -2.57. The maximum Gasteiger partial charge on any atom is 0.341 e. The van der Waals surface area contributed by atoms with Crippen LogP contribution in [-0.4, -0.2) is 134 Å². The first-order chi connectivity index (χ1) is 54.5. The molecule has 6 aliphatic heterocycles. The van der Waals surface area contributed by atoms with Crippen molar-refractivity contribution >= 4 is 53.5 Å². The smallest absolute Gasteiger partial charge is 0.341 e. The normalized spacial score (nSPS) is 39.9. The van der Waals surface area contributed by atoms with Crippen molar-refractivity contribution in [2.24, 2.45) is 88.3 Å². The Labute approximate surface area is 687 Å². The van der Waals surface area contributed by atoms with Gasteiger partial charge in [0.25, 0.3) is 0 Å². The zero-order chi connectivity index (χ0) is 85.1. The fourth-order valence-electron chi connectivity index (χ4n) is 23.3. The van der Waals surface area contributed by atoms with Crippen molar-refractivity contribution in [2.45, 2.75) is 351 Å². The fraction of sp³-hybridized carbons (Fsp3) is 0.734. The first-order valence-electron chi connectivity index (χ1n) is 43.7. The van der Waals surface area contributed by atoms with Crippen LogP contribution in [0.2, 0.25) is 0 Å². The molecule has 642 valence electrons. The van der Waals surface area contributed by atoms with E-state index in [1.54, 1.807) is 57.9 Å². The number of carbonyl (C=O) groups is 9. The van der Waals surface area contributed by atoms with Crippen LogP contribution in [0.5, 0.6) is 0 Å². The van der Waals surface area contributed by atoms with Crippen LogP contribution < -0.4 is 0 Å². The highest BCUT2D eigenvalue weighted by atomic mass is 17.3. The van der Waals surface area contributed by atoms with Crippen molar-refractivity contribution in [1.82, 2.24) is 0 Å². The Balaban J connectivity index is 0.000000155. The number of ketones is 1. The second-order valence-electron chi connectivity index (χ2n) is 38.2. The first kappa shape index (κ1) is 89.9. The molecule has 2 bridgehead atoms. The molecule has 16 aliphatic rings. The van der Waals surface area contributed by atoms with Gasteiger partial charge in [0.2, 0.25) is 12.1 Å². The Morgan fingerprint density at radius 1 is 0.664 bits per heavy atom. The third-order valence-corrected chi connectivity index (χ3v) is 30.2. The Hall–Kier alpha value is -6.85. The molecule has 1 spiro atoms. The number of carboxylic acids is 1. The summed E-state index contributed by atoms with van der Waals surface area (Å²) in [4.78, 5) is 123. The highest BCUT2D eigenvalue weighted by Crippen LogP contribution is 2.70. The molecular formula is C94H134O22. The van der Waals surface area contributed by atoms with E-state index in [0.29, 0.717) is 53.1 Å². The average molecular weight is 1620 g/mol. The van der Waals surface area contributed by atoms with Crippen LogP contribution in [0.15, 0.2) is 91.7 Å². The third-order valence-electron chi connectivity index (χ3n) is 30.2. The van der Waals surface area contributed by atoms with Crippen LogP contribution in [0.3, 0.4) is 0 Å². The van der Waals surface area contributed by atoms with Crippen molar-refractivity contribution in [3.05, 3.63) is 91.7 Å². The van der Waals surface area contributed by atoms with E-state index in [1.165, 1.54) is 64.4 Å². The van der Waals surface area contributed by atoms with Crippen LogP contribution in [0.25, 0.3) is 0 Å². The van der Waals surface area contributed by atoms with Gasteiger partial charge >= 0.3 is 47.8 Å². The van der Waals surface area contributed by atoms with E-state index in [9.17, 15) is 53.4 Å². The number of aliphatic hydroxyl groups is 2. The number of fused-ring (bicyclic) bond motifs is 12. The molecule has 0 aromatic heterocycles. The minimum absolute atomic E-state index is 0.0234. The molecule has 0 aromatic rings. The van der Waals surface area contributed by atoms with Gasteiger partial charge in [0.1, 0.15) is 17.8 Å². The van der Waals surface area contributed by atoms with E-state index >= 15 is 0 Å². The molecule has 0 radical (unpaired) electrons. The molecule has 22 heteroatoms. The Kier molecular flexibility index (Phi) is 27.2. The molecule has 0 aromatic carbocycles. The molecule has 11 fully saturated rings. The summed E-state index contributed by atoms with van der Waals surface area (Å²) >= 11 is 0. The van der Waals surface area contributed by atoms with Gasteiger partial charge in [-0.15, -0.1) is 0 Å². The topological polar surface area (TPSA) is 307 Å². The number of allylic oxidation sites excluding steroid dienone is 8. The molecule has 3 N–H and O–H groups in total. The number of hydrogen-bond donors (Lipinski definition) is 3. The van der Waals surface area contributed by atoms with Crippen molar-refractivity contribution < 1.29 is 106 Å². The highest BCUT2D eigenvalue weighted by molar-refractivity contribution is 6.09. The average Bonchev–Trinajstić information content (AvgIpc) is 1.46. The lowest BCUT2D eigenvalue weighted by atomic mass is 9.58. The van der Waals surface area contributed by atoms with Crippen LogP contribution in [0, 0.1) is 88.3 Å². The van der Waals surface area contributed by atoms with Crippen LogP contribution >= 0.6 is 0 Å². The minimum Gasteiger partial charge on any atom is -0.478 e. The van der Waals surface area contributed by atoms with E-state index in [0.717, 1.165) is 124 Å². The molecule has 25 atom stereocenters. The summed E-state index contributed by atoms with van der Waals surface area (Å²) in [5, 5.41) is 32.8. The number of carboxylic acid groups (broad SMARTS) is 1. The maximum atomic E-state index is 13.3. The quantitative estimate of drug-likeness (QED) is 0.0342. The second kappa shape index (κ2) is 35.1. The van der Waals surface area contributed by atoms with Gasteiger partial charge in [0.15, 0.2) is 40.9 Å². The van der Waals surface area contributed by atoms with Crippen molar-refractivity contribution in [2.75, 3.05) is 0 Å². The fourth-order valence-corrected chi connectivity index (χ4v) is 23.3. The predicted molar refractivity (Wildman–Crippen MR) is 432 cm³/mol. The number of ether oxygens (including phenoxy) is 8. The third kappa shape index (κ3) is 16.8. The van der Waals surface area contributed by atoms with Crippen LogP contribution in [0.1, 0.15) is 286 Å². The first-order valence-corrected chi connectivity index (χ1v) is 43.7. The molecule has 10 aliphatic carbocycles. The number of hydrogen-bond acceptors (Lipinski definition) is 21. The Bertz CT molecular complexity index is 4100. The van der Waals surface area contributed by atoms with Crippen molar-refractivity contribution in [3.63, 3.8) is 0 Å². The number of unbranched alkanes of at least 4 members (excludes halogenated alkanes) is 4. The Morgan fingerprint density at radius 3 is 2.00 bits per heavy atom. The maximum absolute atomic E-state index is 13.3. The number of rotatable bonds is 15. The van der Waals surface area contributed by atoms with E-state index in [2.05, 4.69) is 62.0 Å². The van der Waals surface area contributed by atoms with Gasteiger partial charge in [-0.3, -0.25) is 24.0 Å². The molecule has 0 amide bonds. The van der Waals surface area contributed by atoms with Crippen molar-refractivity contribution in [3.8, 4) is 0 Å². The monoisotopic (exact) mass is 1610 g/mol. The highest BCUT2D eigenvalue weighted by Gasteiger charge is 2.77. The van der Waals surface area contributed by atoms with Gasteiger partial charge in [0.05, 0.1) is 11.8 Å². The molecule has 6 heterocycles. The van der Waals surface area contributed by atoms with Gasteiger partial charge < -0.3 is 53.2 Å². The number of aliphatic carboxylic acids is 1. The lowest BCUT2D eigenvalue weighted by Gasteiger charge is -2.57. The molecule has 0 unspecified atom stereocenters. The molecule has 5 saturated carbocycles. The molecule has 22 nitrogen and oxygen atoms in total. The lowest BCUT2D eigenvalue weighted by molar-refractivity contribution is -0.559. The summed E-state index contributed by atoms with van der Waals surface area (Å²) in [7, 11) is 0. The molecular weight excluding hydrogens is 1480 g/mol. The summed E-state index contributed by atoms with van der Waals surface area (Å²) in [6.45, 7) is 42.4. The standard InChI is InChI=1S/C34H50O12.C15H22O5.C15H16O3.C15H22O2.C15H24/c1-9-12-13-14-15-17-24(37)43-28-26-25(20(5)27(28)44-30(38)19(4)11-3)29-34(41,33(8,40)31(39)45-29)22(42-23(36)16-10-2)18-32(26,7)46-21(6)35;1-8-4-5-11-9(2)12(16)17-13-15(11)10(8)6-7-14(3,18-13)19-20-15;1-7-4-5-10-9(3)15(17)18-14(10)13-8(2)6-11(16)12(7)13;1-9-4-6-12(8-11(3)15(16)17)14-10(2)5-7-13(9)14;1-9-6-8-12-14(15(12,3)4)13-10(2)5-7-11(9)13/h11,22,26-29,40-41H,9-10,12-18H2,1-8H3;8-11,13H,4-7H2,1-3H3;6,10,13-14H,3-5H2,1-2H3;8-9,12-13H,4-7H2,1-3H3,(H,16,17);10,12-14H,5-8H2,1-4H3/b19-11-;;;11-8+;/t22-,26+,27-,28-,29-,32-,33+,34+;8-,9-,10+,11+,13-,14+,15-;10-,13-,14-;9-,12+,13-;10-,12-,13-,14-/m01011/s1. The zero-order valence-electron chi connectivity index (χ0n) is 72.8. The van der Waals surface area contributed by atoms with Gasteiger partial charge in [-0.2, -0.15) is 0 Å². The zero-order valence-corrected chi connectivity index (χ0v) is 72.8. The SMILES string of the molecule is C/C=C(/C)C(=O)O[C@H]1C(C)=C2[C@H]([C@@H]1OC(=O)CCCCCCC)[C@@](C)(OC(C)=O)C[C@H](OC(=O)CCC)[C@@]1(O)[C@H]2OC(=O)[C@@]1(C)O.C=C1C(=O)O[C@@H]2[C@H]3C(C)=CC(=O)C3=C(C)CC[C@@H]12.CC1=C2CC[C@@H](C)[C@H]2[C@H]2[C@@H](CC1)C2(C)C.CC1=C2[C@H](/C=C(\C)C(=O)O)CC[C@@H](C)[C@H]2CC1.C[C@@H]1CC[C@H]2[C@@H](C)C(=O)O[C@@H]3O[C@]4(C)CC[C@@H]1[C@]32OO4. The summed E-state index contributed by atoms with van der Waals surface area (Å²) < 4.78 is 46.4. The van der Waals surface area contributed by atoms with Gasteiger partial charge in [-0.25, -0.2) is 29.0 Å². The van der Waals surface area contributed by atoms with Gasteiger partial charge in [-0.05, 0) is 242 Å². The van der Waals surface area contributed by atoms with E-state index in [4.69, 9.17) is 52.8 Å². The van der Waals surface area contributed by atoms with Crippen molar-refractivity contribution in [1.29, 1.82) is 0 Å². The lowest BCUT2D eigenvalue weighted by Crippen LogP contribution is -2.69. The summed E-state index contributed by atoms with van der Waals surface area (Å²) in [5.74, 6) is -0.275. The van der Waals surface area contributed by atoms with E-state index in [-0.39, 0.29) is 77.1 Å². The van der Waals surface area contributed by atoms with Crippen LogP contribution in [-0.2, 0) is 90.8 Å². The number of esters is 7. The van der Waals surface area contributed by atoms with E-state index < -0.39 is 107 Å². The largest absolute Gasteiger partial charge is 0.478 e.